The van der Waals surface area contributed by atoms with Crippen molar-refractivity contribution < 1.29 is 26.3 Å². The number of alkyl halides is 6. The Hall–Kier alpha value is -2.65. The molecule has 1 aromatic heterocycles. The summed E-state index contributed by atoms with van der Waals surface area (Å²) >= 11 is 11.3. The lowest BCUT2D eigenvalue weighted by Gasteiger charge is -2.23. The van der Waals surface area contributed by atoms with E-state index in [1.54, 1.807) is 0 Å². The molecule has 0 aliphatic heterocycles. The van der Waals surface area contributed by atoms with Gasteiger partial charge in [-0.15, -0.1) is 12.8 Å². The van der Waals surface area contributed by atoms with Crippen LogP contribution < -0.4 is 4.90 Å². The number of thioether (sulfide) groups is 1. The van der Waals surface area contributed by atoms with Crippen LogP contribution >= 0.6 is 35.0 Å². The molecule has 1 heterocycles. The van der Waals surface area contributed by atoms with Crippen LogP contribution in [0.15, 0.2) is 17.0 Å². The summed E-state index contributed by atoms with van der Waals surface area (Å²) in [6.45, 7) is -0.607. The summed E-state index contributed by atoms with van der Waals surface area (Å²) in [4.78, 5) is 0.444. The second-order valence-corrected chi connectivity index (χ2v) is 7.51. The highest BCUT2D eigenvalue weighted by molar-refractivity contribution is 8.00. The Morgan fingerprint density at radius 2 is 1.58 bits per heavy atom. The van der Waals surface area contributed by atoms with Crippen molar-refractivity contribution in [3.8, 4) is 36.4 Å². The number of nitriles is 1. The lowest BCUT2D eigenvalue weighted by Crippen LogP contribution is -2.27. The zero-order valence-corrected chi connectivity index (χ0v) is 17.3. The van der Waals surface area contributed by atoms with E-state index in [0.29, 0.717) is 12.1 Å². The number of anilines is 1. The molecule has 2 aromatic rings. The van der Waals surface area contributed by atoms with Crippen LogP contribution in [0.4, 0.5) is 32.2 Å². The number of terminal acetylenes is 2. The van der Waals surface area contributed by atoms with Crippen molar-refractivity contribution >= 4 is 40.8 Å². The second kappa shape index (κ2) is 9.23. The first-order valence-corrected chi connectivity index (χ1v) is 9.38. The van der Waals surface area contributed by atoms with Crippen molar-refractivity contribution in [2.24, 2.45) is 0 Å². The van der Waals surface area contributed by atoms with Gasteiger partial charge in [0.25, 0.3) is 0 Å². The van der Waals surface area contributed by atoms with E-state index in [-0.39, 0.29) is 18.8 Å². The van der Waals surface area contributed by atoms with Crippen LogP contribution in [0.5, 0.6) is 0 Å². The molecule has 0 N–H and O–H groups in total. The van der Waals surface area contributed by atoms with Gasteiger partial charge in [0, 0.05) is 0 Å². The first-order chi connectivity index (χ1) is 14.3. The Bertz CT molecular complexity index is 1080. The van der Waals surface area contributed by atoms with E-state index in [0.717, 1.165) is 9.58 Å². The highest BCUT2D eigenvalue weighted by atomic mass is 35.5. The molecule has 0 saturated heterocycles. The normalized spacial score (nSPS) is 11.5. The first-order valence-electron chi connectivity index (χ1n) is 7.81. The van der Waals surface area contributed by atoms with Gasteiger partial charge in [-0.1, -0.05) is 35.0 Å². The quantitative estimate of drug-likeness (QED) is 0.300. The maximum Gasteiger partial charge on any atom is 0.446 e. The molecule has 0 atom stereocenters. The maximum absolute atomic E-state index is 13.2. The summed E-state index contributed by atoms with van der Waals surface area (Å²) in [6, 6.07) is 2.58. The largest absolute Gasteiger partial charge is 0.446 e. The maximum atomic E-state index is 13.2. The van der Waals surface area contributed by atoms with E-state index in [2.05, 4.69) is 16.9 Å². The fourth-order valence-corrected chi connectivity index (χ4v) is 3.84. The number of aromatic nitrogens is 2. The molecule has 162 valence electrons. The topological polar surface area (TPSA) is 44.9 Å². The number of benzene rings is 1. The van der Waals surface area contributed by atoms with Gasteiger partial charge in [-0.25, -0.2) is 4.68 Å². The molecule has 0 bridgehead atoms. The zero-order chi connectivity index (χ0) is 23.6. The van der Waals surface area contributed by atoms with Crippen molar-refractivity contribution in [2.75, 3.05) is 18.0 Å². The summed E-state index contributed by atoms with van der Waals surface area (Å²) in [6.07, 6.45) is 5.75. The molecule has 0 radical (unpaired) electrons. The second-order valence-electron chi connectivity index (χ2n) is 5.62. The van der Waals surface area contributed by atoms with E-state index in [4.69, 9.17) is 36.0 Å². The molecular weight excluding hydrogens is 489 g/mol. The number of hydrogen-bond acceptors (Lipinski definition) is 4. The highest BCUT2D eigenvalue weighted by Crippen LogP contribution is 2.46. The lowest BCUT2D eigenvalue weighted by molar-refractivity contribution is -0.137. The standard InChI is InChI=1S/C18H8Cl2F6N4S/c1-3-5-29(6-4-2)16-15(31-18(24,25)26)13(9-27)28-30(16)14-11(19)7-10(8-12(14)20)17(21,22)23/h1-2,7-8H,5-6H2. The summed E-state index contributed by atoms with van der Waals surface area (Å²) in [7, 11) is 0. The molecule has 0 spiro atoms. The van der Waals surface area contributed by atoms with Gasteiger partial charge >= 0.3 is 11.7 Å². The molecule has 0 amide bonds. The lowest BCUT2D eigenvalue weighted by atomic mass is 10.2. The summed E-state index contributed by atoms with van der Waals surface area (Å²) in [5, 5.41) is 12.0. The molecular formula is C18H8Cl2F6N4S. The van der Waals surface area contributed by atoms with E-state index in [1.165, 1.54) is 6.07 Å². The Morgan fingerprint density at radius 3 is 1.97 bits per heavy atom. The van der Waals surface area contributed by atoms with E-state index in [1.807, 2.05) is 0 Å². The van der Waals surface area contributed by atoms with Gasteiger partial charge in [0.05, 0.1) is 33.6 Å². The van der Waals surface area contributed by atoms with Crippen LogP contribution in [0.1, 0.15) is 11.3 Å². The minimum Gasteiger partial charge on any atom is -0.333 e. The molecule has 31 heavy (non-hydrogen) atoms. The monoisotopic (exact) mass is 496 g/mol. The highest BCUT2D eigenvalue weighted by Gasteiger charge is 2.37. The van der Waals surface area contributed by atoms with Crippen molar-refractivity contribution in [1.29, 1.82) is 5.26 Å². The molecule has 1 aromatic carbocycles. The van der Waals surface area contributed by atoms with Crippen LogP contribution in [0.25, 0.3) is 5.69 Å². The fourth-order valence-electron chi connectivity index (χ4n) is 2.47. The third-order valence-corrected chi connectivity index (χ3v) is 4.95. The third-order valence-electron chi connectivity index (χ3n) is 3.56. The fraction of sp³-hybridized carbons (Fsp3) is 0.222. The summed E-state index contributed by atoms with van der Waals surface area (Å²) in [5.41, 5.74) is -7.08. The van der Waals surface area contributed by atoms with Gasteiger partial charge in [0.15, 0.2) is 5.69 Å². The first kappa shape index (κ1) is 24.6. The van der Waals surface area contributed by atoms with Crippen molar-refractivity contribution in [2.45, 2.75) is 16.6 Å². The van der Waals surface area contributed by atoms with Gasteiger partial charge in [0.1, 0.15) is 17.6 Å². The Labute approximate surface area is 186 Å². The van der Waals surface area contributed by atoms with Crippen LogP contribution in [-0.2, 0) is 6.18 Å². The van der Waals surface area contributed by atoms with Gasteiger partial charge in [-0.2, -0.15) is 36.7 Å². The van der Waals surface area contributed by atoms with Crippen LogP contribution in [0, 0.1) is 36.0 Å². The Kier molecular flexibility index (Phi) is 7.33. The molecule has 0 fully saturated rings. The number of nitrogens with zero attached hydrogens (tertiary/aromatic N) is 4. The molecule has 0 aliphatic carbocycles. The van der Waals surface area contributed by atoms with Gasteiger partial charge < -0.3 is 4.90 Å². The predicted octanol–water partition coefficient (Wildman–Crippen LogP) is 5.75. The van der Waals surface area contributed by atoms with Gasteiger partial charge in [-0.3, -0.25) is 0 Å². The molecule has 0 unspecified atom stereocenters. The number of rotatable bonds is 5. The predicted molar refractivity (Wildman–Crippen MR) is 105 cm³/mol. The van der Waals surface area contributed by atoms with Crippen LogP contribution in [0.3, 0.4) is 0 Å². The molecule has 4 nitrogen and oxygen atoms in total. The van der Waals surface area contributed by atoms with Crippen LogP contribution in [0.2, 0.25) is 10.0 Å². The smallest absolute Gasteiger partial charge is 0.333 e. The minimum atomic E-state index is -4.83. The molecule has 13 heteroatoms. The van der Waals surface area contributed by atoms with Gasteiger partial charge in [0.2, 0.25) is 0 Å². The number of halogens is 8. The van der Waals surface area contributed by atoms with Crippen LogP contribution in [-0.4, -0.2) is 28.4 Å². The zero-order valence-electron chi connectivity index (χ0n) is 14.9. The van der Waals surface area contributed by atoms with E-state index >= 15 is 0 Å². The van der Waals surface area contributed by atoms with E-state index < -0.39 is 55.5 Å². The number of hydrogen-bond donors (Lipinski definition) is 0. The average Bonchev–Trinajstić information content (AvgIpc) is 2.96. The average molecular weight is 497 g/mol. The third kappa shape index (κ3) is 5.54. The summed E-state index contributed by atoms with van der Waals surface area (Å²) < 4.78 is 79.3. The molecule has 0 saturated carbocycles. The van der Waals surface area contributed by atoms with Gasteiger partial charge in [-0.05, 0) is 23.9 Å². The van der Waals surface area contributed by atoms with E-state index in [9.17, 15) is 31.6 Å². The van der Waals surface area contributed by atoms with Crippen molar-refractivity contribution in [1.82, 2.24) is 9.78 Å². The Morgan fingerprint density at radius 1 is 1.06 bits per heavy atom. The molecule has 0 aliphatic rings. The minimum absolute atomic E-state index is 0.304. The van der Waals surface area contributed by atoms with Crippen molar-refractivity contribution in [3.05, 3.63) is 33.4 Å². The SMILES string of the molecule is C#CCN(CC#C)c1c(SC(F)(F)F)c(C#N)nn1-c1c(Cl)cc(C(F)(F)F)cc1Cl. The Balaban J connectivity index is 2.90. The molecule has 2 rings (SSSR count). The summed E-state index contributed by atoms with van der Waals surface area (Å²) in [5.74, 6) is 4.02. The van der Waals surface area contributed by atoms with Crippen molar-refractivity contribution in [3.63, 3.8) is 0 Å².